The van der Waals surface area contributed by atoms with Crippen molar-refractivity contribution in [1.29, 1.82) is 0 Å². The molecule has 0 heterocycles. The fourth-order valence-corrected chi connectivity index (χ4v) is 1.68. The van der Waals surface area contributed by atoms with Gasteiger partial charge in [-0.25, -0.2) is 0 Å². The maximum absolute atomic E-state index is 12.1. The molecule has 0 aliphatic heterocycles. The Morgan fingerprint density at radius 1 is 0.947 bits per heavy atom. The van der Waals surface area contributed by atoms with Crippen LogP contribution in [-0.4, -0.2) is 10.7 Å². The molecule has 0 radical (unpaired) electrons. The summed E-state index contributed by atoms with van der Waals surface area (Å²) >= 11 is 0. The Labute approximate surface area is 110 Å². The number of nitro benzene ring substituents is 1. The van der Waals surface area contributed by atoms with Gasteiger partial charge < -0.3 is 0 Å². The number of ketones is 1. The van der Waals surface area contributed by atoms with Crippen LogP contribution >= 0.6 is 0 Å². The van der Waals surface area contributed by atoms with Crippen LogP contribution in [0.15, 0.2) is 61.2 Å². The number of Topliss-reactive ketones (excluding diaryl/α,β-unsaturated/α-hetero) is 1. The van der Waals surface area contributed by atoms with Gasteiger partial charge in [-0.2, -0.15) is 0 Å². The summed E-state index contributed by atoms with van der Waals surface area (Å²) in [6.45, 7) is 3.76. The van der Waals surface area contributed by atoms with E-state index in [0.717, 1.165) is 0 Å². The summed E-state index contributed by atoms with van der Waals surface area (Å²) in [7, 11) is 0. The summed E-state index contributed by atoms with van der Waals surface area (Å²) < 4.78 is 0. The molecule has 0 aliphatic rings. The molecule has 4 heteroatoms. The number of non-ortho nitro benzene ring substituents is 1. The number of hydrogen-bond donors (Lipinski definition) is 0. The Hall–Kier alpha value is -2.75. The number of carbonyl (C=O) groups is 1. The van der Waals surface area contributed by atoms with E-state index in [4.69, 9.17) is 0 Å². The van der Waals surface area contributed by atoms with Gasteiger partial charge in [-0.1, -0.05) is 36.9 Å². The zero-order valence-electron chi connectivity index (χ0n) is 10.1. The SMILES string of the molecule is C=C(C(=O)c1ccccc1)c1ccc([N+](=O)[O-])cc1. The van der Waals surface area contributed by atoms with Crippen molar-refractivity contribution in [3.8, 4) is 0 Å². The predicted molar refractivity (Wildman–Crippen MR) is 72.9 cm³/mol. The highest BCUT2D eigenvalue weighted by molar-refractivity contribution is 6.28. The second-order valence-electron chi connectivity index (χ2n) is 3.98. The highest BCUT2D eigenvalue weighted by Gasteiger charge is 2.13. The highest BCUT2D eigenvalue weighted by atomic mass is 16.6. The van der Waals surface area contributed by atoms with E-state index in [0.29, 0.717) is 16.7 Å². The van der Waals surface area contributed by atoms with Crippen LogP contribution in [0.25, 0.3) is 5.57 Å². The van der Waals surface area contributed by atoms with Crippen LogP contribution in [0.2, 0.25) is 0 Å². The first kappa shape index (κ1) is 12.7. The first-order valence-electron chi connectivity index (χ1n) is 5.63. The van der Waals surface area contributed by atoms with Gasteiger partial charge >= 0.3 is 0 Å². The average Bonchev–Trinajstić information content (AvgIpc) is 2.46. The minimum Gasteiger partial charge on any atom is -0.289 e. The van der Waals surface area contributed by atoms with Crippen LogP contribution in [0.4, 0.5) is 5.69 Å². The molecular formula is C15H11NO3. The van der Waals surface area contributed by atoms with Crippen molar-refractivity contribution in [3.05, 3.63) is 82.4 Å². The minimum atomic E-state index is -0.481. The number of nitro groups is 1. The molecule has 0 aromatic heterocycles. The summed E-state index contributed by atoms with van der Waals surface area (Å²) in [5, 5.41) is 10.6. The van der Waals surface area contributed by atoms with Crippen molar-refractivity contribution >= 4 is 17.0 Å². The van der Waals surface area contributed by atoms with Crippen molar-refractivity contribution in [2.75, 3.05) is 0 Å². The normalized spacial score (nSPS) is 9.89. The predicted octanol–water partition coefficient (Wildman–Crippen LogP) is 3.49. The topological polar surface area (TPSA) is 60.2 Å². The minimum absolute atomic E-state index is 0.0105. The second kappa shape index (κ2) is 5.27. The van der Waals surface area contributed by atoms with E-state index < -0.39 is 4.92 Å². The van der Waals surface area contributed by atoms with E-state index in [-0.39, 0.29) is 11.5 Å². The standard InChI is InChI=1S/C15H11NO3/c1-11(15(17)13-5-3-2-4-6-13)12-7-9-14(10-8-12)16(18)19/h2-10H,1H2. The van der Waals surface area contributed by atoms with Crippen molar-refractivity contribution in [3.63, 3.8) is 0 Å². The first-order chi connectivity index (χ1) is 9.09. The zero-order chi connectivity index (χ0) is 13.8. The molecule has 2 aromatic rings. The quantitative estimate of drug-likeness (QED) is 0.362. The van der Waals surface area contributed by atoms with E-state index in [2.05, 4.69) is 6.58 Å². The monoisotopic (exact) mass is 253 g/mol. The summed E-state index contributed by atoms with van der Waals surface area (Å²) in [6.07, 6.45) is 0. The number of carbonyl (C=O) groups excluding carboxylic acids is 1. The smallest absolute Gasteiger partial charge is 0.269 e. The Kier molecular flexibility index (Phi) is 3.52. The molecule has 0 saturated carbocycles. The third-order valence-electron chi connectivity index (χ3n) is 2.74. The van der Waals surface area contributed by atoms with Gasteiger partial charge in [0.2, 0.25) is 0 Å². The lowest BCUT2D eigenvalue weighted by atomic mass is 9.98. The van der Waals surface area contributed by atoms with Gasteiger partial charge in [-0.15, -0.1) is 0 Å². The molecule has 0 spiro atoms. The van der Waals surface area contributed by atoms with Crippen LogP contribution in [-0.2, 0) is 0 Å². The molecule has 0 unspecified atom stereocenters. The number of hydrogen-bond acceptors (Lipinski definition) is 3. The second-order valence-corrected chi connectivity index (χ2v) is 3.98. The van der Waals surface area contributed by atoms with Crippen molar-refractivity contribution in [1.82, 2.24) is 0 Å². The summed E-state index contributed by atoms with van der Waals surface area (Å²) in [6, 6.07) is 14.6. The van der Waals surface area contributed by atoms with Crippen LogP contribution in [0, 0.1) is 10.1 Å². The average molecular weight is 253 g/mol. The van der Waals surface area contributed by atoms with Gasteiger partial charge in [0.25, 0.3) is 5.69 Å². The molecule has 4 nitrogen and oxygen atoms in total. The third kappa shape index (κ3) is 2.74. The van der Waals surface area contributed by atoms with Crippen LogP contribution in [0.3, 0.4) is 0 Å². The summed E-state index contributed by atoms with van der Waals surface area (Å²) in [4.78, 5) is 22.2. The number of rotatable bonds is 4. The highest BCUT2D eigenvalue weighted by Crippen LogP contribution is 2.20. The van der Waals surface area contributed by atoms with E-state index in [9.17, 15) is 14.9 Å². The zero-order valence-corrected chi connectivity index (χ0v) is 10.1. The maximum atomic E-state index is 12.1. The fraction of sp³-hybridized carbons (Fsp3) is 0. The van der Waals surface area contributed by atoms with Gasteiger partial charge in [0.05, 0.1) is 4.92 Å². The molecular weight excluding hydrogens is 242 g/mol. The largest absolute Gasteiger partial charge is 0.289 e. The maximum Gasteiger partial charge on any atom is 0.269 e. The third-order valence-corrected chi connectivity index (χ3v) is 2.74. The van der Waals surface area contributed by atoms with Crippen LogP contribution in [0.5, 0.6) is 0 Å². The van der Waals surface area contributed by atoms with Gasteiger partial charge in [-0.05, 0) is 17.7 Å². The summed E-state index contributed by atoms with van der Waals surface area (Å²) in [5.41, 5.74) is 1.44. The Balaban J connectivity index is 2.25. The molecule has 0 N–H and O–H groups in total. The van der Waals surface area contributed by atoms with Gasteiger partial charge in [-0.3, -0.25) is 14.9 Å². The molecule has 94 valence electrons. The Bertz CT molecular complexity index is 630. The van der Waals surface area contributed by atoms with Crippen molar-refractivity contribution in [2.45, 2.75) is 0 Å². The fourth-order valence-electron chi connectivity index (χ4n) is 1.68. The van der Waals surface area contributed by atoms with E-state index in [1.807, 2.05) is 6.07 Å². The van der Waals surface area contributed by atoms with Gasteiger partial charge in [0.15, 0.2) is 5.78 Å². The van der Waals surface area contributed by atoms with E-state index in [1.165, 1.54) is 24.3 Å². The molecule has 2 aromatic carbocycles. The van der Waals surface area contributed by atoms with Crippen molar-refractivity contribution < 1.29 is 9.72 Å². The van der Waals surface area contributed by atoms with E-state index >= 15 is 0 Å². The molecule has 0 atom stereocenters. The lowest BCUT2D eigenvalue weighted by Crippen LogP contribution is -2.01. The molecule has 0 saturated heterocycles. The molecule has 19 heavy (non-hydrogen) atoms. The van der Waals surface area contributed by atoms with Crippen molar-refractivity contribution in [2.24, 2.45) is 0 Å². The Morgan fingerprint density at radius 2 is 1.53 bits per heavy atom. The van der Waals surface area contributed by atoms with Gasteiger partial charge in [0, 0.05) is 23.3 Å². The first-order valence-corrected chi connectivity index (χ1v) is 5.63. The molecule has 0 amide bonds. The van der Waals surface area contributed by atoms with Crippen LogP contribution in [0.1, 0.15) is 15.9 Å². The summed E-state index contributed by atoms with van der Waals surface area (Å²) in [5.74, 6) is -0.186. The number of allylic oxidation sites excluding steroid dienone is 1. The lowest BCUT2D eigenvalue weighted by Gasteiger charge is -2.04. The lowest BCUT2D eigenvalue weighted by molar-refractivity contribution is -0.384. The van der Waals surface area contributed by atoms with E-state index in [1.54, 1.807) is 24.3 Å². The van der Waals surface area contributed by atoms with Crippen LogP contribution < -0.4 is 0 Å². The molecule has 0 fully saturated rings. The number of nitrogens with zero attached hydrogens (tertiary/aromatic N) is 1. The molecule has 2 rings (SSSR count). The Morgan fingerprint density at radius 3 is 2.05 bits per heavy atom. The number of benzene rings is 2. The molecule has 0 aliphatic carbocycles. The van der Waals surface area contributed by atoms with Gasteiger partial charge in [0.1, 0.15) is 0 Å². The molecule has 0 bridgehead atoms.